The van der Waals surface area contributed by atoms with Gasteiger partial charge in [-0.2, -0.15) is 8.78 Å². The van der Waals surface area contributed by atoms with Gasteiger partial charge in [0.2, 0.25) is 5.91 Å². The summed E-state index contributed by atoms with van der Waals surface area (Å²) < 4.78 is 26.8. The van der Waals surface area contributed by atoms with Crippen LogP contribution in [-0.2, 0) is 11.3 Å². The van der Waals surface area contributed by atoms with Crippen LogP contribution in [0.25, 0.3) is 0 Å². The molecule has 1 unspecified atom stereocenters. The minimum Gasteiger partial charge on any atom is -0.337 e. The van der Waals surface area contributed by atoms with Gasteiger partial charge in [0.05, 0.1) is 6.54 Å². The first-order chi connectivity index (χ1) is 13.1. The van der Waals surface area contributed by atoms with Crippen LogP contribution in [0.1, 0.15) is 23.2 Å². The van der Waals surface area contributed by atoms with Gasteiger partial charge in [-0.15, -0.1) is 11.8 Å². The van der Waals surface area contributed by atoms with Crippen molar-refractivity contribution in [1.29, 1.82) is 0 Å². The molecule has 0 spiro atoms. The van der Waals surface area contributed by atoms with Crippen molar-refractivity contribution in [2.45, 2.75) is 23.2 Å². The molecular formula is C20H19F2N3OS. The number of alkyl halides is 2. The summed E-state index contributed by atoms with van der Waals surface area (Å²) in [4.78, 5) is 19.5. The van der Waals surface area contributed by atoms with E-state index in [2.05, 4.69) is 4.98 Å². The number of rotatable bonds is 7. The van der Waals surface area contributed by atoms with Crippen molar-refractivity contribution in [3.05, 3.63) is 84.4 Å². The Morgan fingerprint density at radius 3 is 2.37 bits per heavy atom. The van der Waals surface area contributed by atoms with E-state index in [0.717, 1.165) is 15.0 Å². The molecule has 0 saturated heterocycles. The summed E-state index contributed by atoms with van der Waals surface area (Å²) in [7, 11) is 1.61. The molecule has 0 radical (unpaired) electrons. The van der Waals surface area contributed by atoms with Gasteiger partial charge in [-0.1, -0.05) is 48.5 Å². The smallest absolute Gasteiger partial charge is 0.319 e. The number of halogens is 2. The van der Waals surface area contributed by atoms with Crippen LogP contribution < -0.4 is 0 Å². The molecule has 1 atom stereocenters. The molecule has 1 amide bonds. The maximum absolute atomic E-state index is 13.1. The standard InChI is InChI=1S/C20H19F2N3OS/c1-24(14-17-23-12-13-25(17)20(21)22)19(26)18(15-8-4-2-5-9-15)27-16-10-6-3-7-11-16/h2-13,18,20H,14H2,1H3. The molecule has 0 aliphatic heterocycles. The van der Waals surface area contributed by atoms with Gasteiger partial charge >= 0.3 is 6.55 Å². The fourth-order valence-corrected chi connectivity index (χ4v) is 3.82. The van der Waals surface area contributed by atoms with Crippen molar-refractivity contribution in [2.75, 3.05) is 7.05 Å². The highest BCUT2D eigenvalue weighted by molar-refractivity contribution is 8.00. The average molecular weight is 387 g/mol. The van der Waals surface area contributed by atoms with Gasteiger partial charge in [0, 0.05) is 24.3 Å². The van der Waals surface area contributed by atoms with E-state index in [9.17, 15) is 13.6 Å². The lowest BCUT2D eigenvalue weighted by Crippen LogP contribution is -2.31. The number of likely N-dealkylation sites (N-methyl/N-ethyl adjacent to an activating group) is 1. The van der Waals surface area contributed by atoms with Crippen molar-refractivity contribution in [3.8, 4) is 0 Å². The molecule has 3 rings (SSSR count). The van der Waals surface area contributed by atoms with Crippen molar-refractivity contribution in [1.82, 2.24) is 14.5 Å². The Morgan fingerprint density at radius 1 is 1.11 bits per heavy atom. The Morgan fingerprint density at radius 2 is 1.74 bits per heavy atom. The number of benzene rings is 2. The number of carbonyl (C=O) groups excluding carboxylic acids is 1. The molecule has 3 aromatic rings. The first-order valence-electron chi connectivity index (χ1n) is 8.37. The van der Waals surface area contributed by atoms with E-state index in [1.807, 2.05) is 60.7 Å². The number of nitrogens with zero attached hydrogens (tertiary/aromatic N) is 3. The number of amides is 1. The highest BCUT2D eigenvalue weighted by atomic mass is 32.2. The molecule has 2 aromatic carbocycles. The van der Waals surface area contributed by atoms with Crippen molar-refractivity contribution >= 4 is 17.7 Å². The maximum Gasteiger partial charge on any atom is 0.319 e. The number of aromatic nitrogens is 2. The molecule has 1 aromatic heterocycles. The lowest BCUT2D eigenvalue weighted by Gasteiger charge is -2.24. The van der Waals surface area contributed by atoms with Crippen LogP contribution in [-0.4, -0.2) is 27.4 Å². The number of imidazole rings is 1. The second kappa shape index (κ2) is 8.81. The Hall–Kier alpha value is -2.67. The van der Waals surface area contributed by atoms with Gasteiger partial charge in [-0.05, 0) is 17.7 Å². The number of thioether (sulfide) groups is 1. The van der Waals surface area contributed by atoms with Gasteiger partial charge in [0.25, 0.3) is 0 Å². The molecule has 27 heavy (non-hydrogen) atoms. The highest BCUT2D eigenvalue weighted by Crippen LogP contribution is 2.36. The molecule has 0 N–H and O–H groups in total. The maximum atomic E-state index is 13.1. The van der Waals surface area contributed by atoms with Crippen molar-refractivity contribution in [3.63, 3.8) is 0 Å². The molecule has 140 valence electrons. The Bertz CT molecular complexity index is 871. The van der Waals surface area contributed by atoms with Gasteiger partial charge < -0.3 is 4.90 Å². The Kier molecular flexibility index (Phi) is 6.24. The summed E-state index contributed by atoms with van der Waals surface area (Å²) >= 11 is 1.43. The van der Waals surface area contributed by atoms with Gasteiger partial charge in [0.1, 0.15) is 11.1 Å². The average Bonchev–Trinajstić information content (AvgIpc) is 3.15. The normalized spacial score (nSPS) is 12.1. The summed E-state index contributed by atoms with van der Waals surface area (Å²) in [6.07, 6.45) is 2.53. The highest BCUT2D eigenvalue weighted by Gasteiger charge is 2.26. The van der Waals surface area contributed by atoms with E-state index >= 15 is 0 Å². The van der Waals surface area contributed by atoms with E-state index < -0.39 is 11.8 Å². The third-order valence-corrected chi connectivity index (χ3v) is 5.29. The zero-order valence-electron chi connectivity index (χ0n) is 14.7. The van der Waals surface area contributed by atoms with E-state index in [-0.39, 0.29) is 18.3 Å². The van der Waals surface area contributed by atoms with Gasteiger partial charge in [-0.3, -0.25) is 9.36 Å². The number of hydrogen-bond donors (Lipinski definition) is 0. The van der Waals surface area contributed by atoms with Crippen molar-refractivity contribution < 1.29 is 13.6 Å². The fraction of sp³-hybridized carbons (Fsp3) is 0.200. The van der Waals surface area contributed by atoms with Gasteiger partial charge in [0.15, 0.2) is 0 Å². The lowest BCUT2D eigenvalue weighted by atomic mass is 10.1. The topological polar surface area (TPSA) is 38.1 Å². The number of carbonyl (C=O) groups is 1. The zero-order valence-corrected chi connectivity index (χ0v) is 15.5. The molecule has 0 aliphatic rings. The van der Waals surface area contributed by atoms with Gasteiger partial charge in [-0.25, -0.2) is 4.98 Å². The largest absolute Gasteiger partial charge is 0.337 e. The SMILES string of the molecule is CN(Cc1nccn1C(F)F)C(=O)C(Sc1ccccc1)c1ccccc1. The minimum atomic E-state index is -2.69. The van der Waals surface area contributed by atoms with E-state index in [0.29, 0.717) is 0 Å². The first kappa shape index (κ1) is 19.1. The Labute approximate surface area is 160 Å². The summed E-state index contributed by atoms with van der Waals surface area (Å²) in [5, 5.41) is -0.478. The molecule has 1 heterocycles. The molecule has 0 fully saturated rings. The second-order valence-electron chi connectivity index (χ2n) is 5.94. The third-order valence-electron chi connectivity index (χ3n) is 4.04. The van der Waals surface area contributed by atoms with E-state index in [4.69, 9.17) is 0 Å². The number of hydrogen-bond acceptors (Lipinski definition) is 3. The summed E-state index contributed by atoms with van der Waals surface area (Å²) in [5.74, 6) is -0.0174. The van der Waals surface area contributed by atoms with Crippen LogP contribution in [0.15, 0.2) is 78.0 Å². The Balaban J connectivity index is 1.82. The van der Waals surface area contributed by atoms with E-state index in [1.165, 1.54) is 29.1 Å². The molecule has 0 bridgehead atoms. The van der Waals surface area contributed by atoms with Crippen LogP contribution in [0.4, 0.5) is 8.78 Å². The minimum absolute atomic E-state index is 0.00879. The van der Waals surface area contributed by atoms with Crippen LogP contribution in [0.2, 0.25) is 0 Å². The van der Waals surface area contributed by atoms with Crippen LogP contribution >= 0.6 is 11.8 Å². The predicted octanol–water partition coefficient (Wildman–Crippen LogP) is 4.77. The summed E-state index contributed by atoms with van der Waals surface area (Å²) in [6, 6.07) is 19.1. The van der Waals surface area contributed by atoms with Crippen LogP contribution in [0.5, 0.6) is 0 Å². The fourth-order valence-electron chi connectivity index (χ4n) is 2.66. The third kappa shape index (κ3) is 4.74. The molecule has 0 aliphatic carbocycles. The molecule has 7 heteroatoms. The van der Waals surface area contributed by atoms with Crippen molar-refractivity contribution in [2.24, 2.45) is 0 Å². The first-order valence-corrected chi connectivity index (χ1v) is 9.25. The molecule has 0 saturated carbocycles. The van der Waals surface area contributed by atoms with Crippen LogP contribution in [0, 0.1) is 0 Å². The van der Waals surface area contributed by atoms with Crippen LogP contribution in [0.3, 0.4) is 0 Å². The summed E-state index contributed by atoms with van der Waals surface area (Å²) in [5.41, 5.74) is 0.861. The monoisotopic (exact) mass is 387 g/mol. The quantitative estimate of drug-likeness (QED) is 0.548. The second-order valence-corrected chi connectivity index (χ2v) is 7.12. The van der Waals surface area contributed by atoms with E-state index in [1.54, 1.807) is 7.05 Å². The lowest BCUT2D eigenvalue weighted by molar-refractivity contribution is -0.130. The molecular weight excluding hydrogens is 368 g/mol. The zero-order chi connectivity index (χ0) is 19.2. The molecule has 4 nitrogen and oxygen atoms in total. The predicted molar refractivity (Wildman–Crippen MR) is 101 cm³/mol. The summed E-state index contributed by atoms with van der Waals surface area (Å²) in [6.45, 7) is -2.68.